The van der Waals surface area contributed by atoms with E-state index in [2.05, 4.69) is 124 Å². The number of fused-ring (bicyclic) bond motifs is 2. The lowest BCUT2D eigenvalue weighted by Gasteiger charge is -2.46. The lowest BCUT2D eigenvalue weighted by Crippen LogP contribution is -2.45. The van der Waals surface area contributed by atoms with Gasteiger partial charge in [-0.25, -0.2) is 0 Å². The molecule has 0 N–H and O–H groups in total. The molecule has 0 saturated heterocycles. The molecular formula is C34H40Si. The second-order valence-electron chi connectivity index (χ2n) is 12.4. The predicted molar refractivity (Wildman–Crippen MR) is 154 cm³/mol. The molecule has 2 aromatic rings. The van der Waals surface area contributed by atoms with E-state index in [1.54, 1.807) is 11.1 Å². The molecule has 0 bridgehead atoms. The third-order valence-electron chi connectivity index (χ3n) is 10.2. The van der Waals surface area contributed by atoms with Crippen LogP contribution in [-0.4, -0.2) is 8.07 Å². The highest BCUT2D eigenvalue weighted by Gasteiger charge is 2.57. The minimum Gasteiger partial charge on any atom is -0.0808 e. The van der Waals surface area contributed by atoms with E-state index in [1.165, 1.54) is 24.0 Å². The third kappa shape index (κ3) is 3.78. The molecule has 2 fully saturated rings. The van der Waals surface area contributed by atoms with Gasteiger partial charge in [0.1, 0.15) is 0 Å². The Hall–Kier alpha value is -2.38. The van der Waals surface area contributed by atoms with Gasteiger partial charge >= 0.3 is 0 Å². The van der Waals surface area contributed by atoms with Gasteiger partial charge in [-0.15, -0.1) is 0 Å². The van der Waals surface area contributed by atoms with Crippen LogP contribution in [0.15, 0.2) is 97.1 Å². The zero-order valence-electron chi connectivity index (χ0n) is 21.8. The van der Waals surface area contributed by atoms with Crippen LogP contribution in [0.5, 0.6) is 0 Å². The number of allylic oxidation sites excluding steroid dienone is 8. The van der Waals surface area contributed by atoms with Gasteiger partial charge in [0, 0.05) is 0 Å². The third-order valence-corrected chi connectivity index (χ3v) is 15.5. The number of rotatable bonds is 4. The largest absolute Gasteiger partial charge is 0.0808 e. The SMILES string of the molecule is C[C@@H]1CC2C(c3ccccc3)=CC=CC2C1[Si](C)(C)[C@@H]1C2C=CC=C(c3ccccc3)C2C[C@@H]1C. The van der Waals surface area contributed by atoms with Crippen LogP contribution < -0.4 is 0 Å². The molecule has 2 aromatic carbocycles. The Morgan fingerprint density at radius 1 is 0.600 bits per heavy atom. The second kappa shape index (κ2) is 8.93. The number of hydrogen-bond acceptors (Lipinski definition) is 0. The molecule has 4 aliphatic carbocycles. The van der Waals surface area contributed by atoms with Crippen LogP contribution in [0, 0.1) is 35.5 Å². The minimum atomic E-state index is -1.60. The lowest BCUT2D eigenvalue weighted by molar-refractivity contribution is 0.495. The van der Waals surface area contributed by atoms with Crippen LogP contribution in [0.25, 0.3) is 11.1 Å². The first-order valence-corrected chi connectivity index (χ1v) is 17.0. The highest BCUT2D eigenvalue weighted by atomic mass is 28.3. The lowest BCUT2D eigenvalue weighted by atomic mass is 9.81. The summed E-state index contributed by atoms with van der Waals surface area (Å²) in [6, 6.07) is 22.3. The van der Waals surface area contributed by atoms with Crippen LogP contribution in [0.2, 0.25) is 24.2 Å². The van der Waals surface area contributed by atoms with Crippen molar-refractivity contribution in [2.75, 3.05) is 0 Å². The van der Waals surface area contributed by atoms with Gasteiger partial charge < -0.3 is 0 Å². The topological polar surface area (TPSA) is 0 Å². The summed E-state index contributed by atoms with van der Waals surface area (Å²) in [5.74, 6) is 4.37. The summed E-state index contributed by atoms with van der Waals surface area (Å²) in [4.78, 5) is 0. The summed E-state index contributed by atoms with van der Waals surface area (Å²) in [7, 11) is -1.60. The van der Waals surface area contributed by atoms with E-state index in [9.17, 15) is 0 Å². The molecular weight excluding hydrogens is 436 g/mol. The molecule has 5 unspecified atom stereocenters. The zero-order chi connectivity index (χ0) is 24.2. The maximum Gasteiger partial charge on any atom is 0.0553 e. The van der Waals surface area contributed by atoms with Gasteiger partial charge in [0.15, 0.2) is 0 Å². The molecule has 0 aromatic heterocycles. The Kier molecular flexibility index (Phi) is 5.88. The first kappa shape index (κ1) is 23.0. The smallest absolute Gasteiger partial charge is 0.0553 e. The van der Waals surface area contributed by atoms with Crippen LogP contribution in [0.3, 0.4) is 0 Å². The Bertz CT molecular complexity index is 1090. The molecule has 35 heavy (non-hydrogen) atoms. The fraction of sp³-hybridized carbons (Fsp3) is 0.412. The molecule has 0 amide bonds. The molecule has 2 saturated carbocycles. The van der Waals surface area contributed by atoms with Crippen LogP contribution in [0.1, 0.15) is 37.8 Å². The standard InChI is InChI=1S/C34H40Si/c1-23-21-31-27(25-13-7-5-8-14-25)17-11-19-29(31)33(23)35(3,4)34-24(2)22-32-28(18-12-20-30(32)34)26-15-9-6-10-16-26/h5-20,23-24,29-34H,21-22H2,1-4H3/t23-,24+,29?,30?,31?,32?,33-,34?/m0/s1. The summed E-state index contributed by atoms with van der Waals surface area (Å²) in [6.07, 6.45) is 17.5. The van der Waals surface area contributed by atoms with Crippen molar-refractivity contribution in [2.24, 2.45) is 35.5 Å². The van der Waals surface area contributed by atoms with Gasteiger partial charge in [0.25, 0.3) is 0 Å². The highest BCUT2D eigenvalue weighted by molar-refractivity contribution is 6.80. The number of benzene rings is 2. The van der Waals surface area contributed by atoms with Crippen LogP contribution in [-0.2, 0) is 0 Å². The molecule has 8 atom stereocenters. The fourth-order valence-electron chi connectivity index (χ4n) is 9.23. The first-order chi connectivity index (χ1) is 17.0. The molecule has 180 valence electrons. The quantitative estimate of drug-likeness (QED) is 0.386. The van der Waals surface area contributed by atoms with Crippen molar-refractivity contribution in [1.29, 1.82) is 0 Å². The van der Waals surface area contributed by atoms with E-state index >= 15 is 0 Å². The zero-order valence-corrected chi connectivity index (χ0v) is 22.8. The van der Waals surface area contributed by atoms with Crippen molar-refractivity contribution >= 4 is 19.2 Å². The van der Waals surface area contributed by atoms with Crippen molar-refractivity contribution in [1.82, 2.24) is 0 Å². The summed E-state index contributed by atoms with van der Waals surface area (Å²) < 4.78 is 0. The summed E-state index contributed by atoms with van der Waals surface area (Å²) in [6.45, 7) is 10.7. The fourth-order valence-corrected chi connectivity index (χ4v) is 15.5. The summed E-state index contributed by atoms with van der Waals surface area (Å²) in [5, 5.41) is 0. The van der Waals surface area contributed by atoms with E-state index in [1.807, 2.05) is 0 Å². The van der Waals surface area contributed by atoms with Crippen molar-refractivity contribution in [3.63, 3.8) is 0 Å². The number of hydrogen-bond donors (Lipinski definition) is 0. The minimum absolute atomic E-state index is 0.684. The molecule has 1 heteroatoms. The van der Waals surface area contributed by atoms with Gasteiger partial charge in [0.2, 0.25) is 0 Å². The average Bonchev–Trinajstić information content (AvgIpc) is 3.41. The molecule has 0 heterocycles. The average molecular weight is 477 g/mol. The molecule has 0 spiro atoms. The predicted octanol–water partition coefficient (Wildman–Crippen LogP) is 9.29. The van der Waals surface area contributed by atoms with E-state index in [0.717, 1.165) is 22.9 Å². The van der Waals surface area contributed by atoms with Crippen molar-refractivity contribution in [3.05, 3.63) is 108 Å². The van der Waals surface area contributed by atoms with Gasteiger partial charge in [0.05, 0.1) is 8.07 Å². The highest BCUT2D eigenvalue weighted by Crippen LogP contribution is 2.64. The van der Waals surface area contributed by atoms with Gasteiger partial charge in [-0.3, -0.25) is 0 Å². The molecule has 0 aliphatic heterocycles. The second-order valence-corrected chi connectivity index (χ2v) is 17.4. The Morgan fingerprint density at radius 2 is 1.00 bits per heavy atom. The molecule has 4 aliphatic rings. The summed E-state index contributed by atoms with van der Waals surface area (Å²) in [5.41, 5.74) is 7.73. The molecule has 0 radical (unpaired) electrons. The first-order valence-electron chi connectivity index (χ1n) is 13.8. The van der Waals surface area contributed by atoms with E-state index in [4.69, 9.17) is 0 Å². The van der Waals surface area contributed by atoms with Crippen molar-refractivity contribution in [3.8, 4) is 0 Å². The van der Waals surface area contributed by atoms with E-state index in [0.29, 0.717) is 23.7 Å². The Balaban J connectivity index is 1.31. The van der Waals surface area contributed by atoms with Crippen molar-refractivity contribution in [2.45, 2.75) is 50.9 Å². The normalized spacial score (nSPS) is 35.9. The Morgan fingerprint density at radius 3 is 1.40 bits per heavy atom. The molecule has 0 nitrogen and oxygen atoms in total. The van der Waals surface area contributed by atoms with Gasteiger partial charge in [-0.05, 0) is 81.7 Å². The monoisotopic (exact) mass is 476 g/mol. The molecule has 6 rings (SSSR count). The van der Waals surface area contributed by atoms with E-state index in [-0.39, 0.29) is 0 Å². The summed E-state index contributed by atoms with van der Waals surface area (Å²) >= 11 is 0. The van der Waals surface area contributed by atoms with Crippen molar-refractivity contribution < 1.29 is 0 Å². The van der Waals surface area contributed by atoms with E-state index < -0.39 is 8.07 Å². The van der Waals surface area contributed by atoms with Crippen LogP contribution in [0.4, 0.5) is 0 Å². The Labute approximate surface area is 213 Å². The maximum atomic E-state index is 2.77. The van der Waals surface area contributed by atoms with Gasteiger partial charge in [-0.2, -0.15) is 0 Å². The van der Waals surface area contributed by atoms with Gasteiger partial charge in [-0.1, -0.05) is 124 Å². The van der Waals surface area contributed by atoms with Crippen LogP contribution >= 0.6 is 0 Å². The maximum absolute atomic E-state index is 2.77.